The molecule has 0 atom stereocenters. The minimum absolute atomic E-state index is 0.304. The first-order valence-corrected chi connectivity index (χ1v) is 5.74. The van der Waals surface area contributed by atoms with E-state index in [1.807, 2.05) is 0 Å². The van der Waals surface area contributed by atoms with Crippen LogP contribution in [0.3, 0.4) is 0 Å². The van der Waals surface area contributed by atoms with Crippen LogP contribution in [0.5, 0.6) is 0 Å². The van der Waals surface area contributed by atoms with Gasteiger partial charge in [0.25, 0.3) is 5.56 Å². The van der Waals surface area contributed by atoms with Gasteiger partial charge in [0.05, 0.1) is 18.1 Å². The Bertz CT molecular complexity index is 624. The Morgan fingerprint density at radius 1 is 1.39 bits per heavy atom. The maximum atomic E-state index is 12.7. The Morgan fingerprint density at radius 3 is 2.83 bits per heavy atom. The van der Waals surface area contributed by atoms with Crippen LogP contribution in [-0.4, -0.2) is 16.4 Å². The van der Waals surface area contributed by atoms with Gasteiger partial charge >= 0.3 is 0 Å². The summed E-state index contributed by atoms with van der Waals surface area (Å²) in [5.41, 5.74) is 3.49. The largest absolute Gasteiger partial charge is 0.280 e. The van der Waals surface area contributed by atoms with Gasteiger partial charge < -0.3 is 0 Å². The van der Waals surface area contributed by atoms with Crippen molar-refractivity contribution < 1.29 is 4.39 Å². The third kappa shape index (κ3) is 3.01. The molecule has 0 radical (unpaired) electrons. The summed E-state index contributed by atoms with van der Waals surface area (Å²) in [5, 5.41) is 9.82. The monoisotopic (exact) mass is 310 g/mol. The molecule has 18 heavy (non-hydrogen) atoms. The lowest BCUT2D eigenvalue weighted by Crippen LogP contribution is -2.10. The predicted molar refractivity (Wildman–Crippen MR) is 70.2 cm³/mol. The average molecular weight is 311 g/mol. The number of benzene rings is 1. The van der Waals surface area contributed by atoms with Crippen molar-refractivity contribution in [2.24, 2.45) is 5.10 Å². The highest BCUT2D eigenvalue weighted by atomic mass is 79.9. The molecular formula is C11H8BrFN4O. The van der Waals surface area contributed by atoms with E-state index in [2.05, 4.69) is 36.7 Å². The third-order valence-electron chi connectivity index (χ3n) is 2.06. The number of nitrogens with zero attached hydrogens (tertiary/aromatic N) is 2. The molecule has 1 aromatic heterocycles. The van der Waals surface area contributed by atoms with E-state index in [4.69, 9.17) is 0 Å². The van der Waals surface area contributed by atoms with Crippen molar-refractivity contribution in [2.75, 3.05) is 5.43 Å². The van der Waals surface area contributed by atoms with Crippen LogP contribution in [0.2, 0.25) is 0 Å². The quantitative estimate of drug-likeness (QED) is 0.674. The summed E-state index contributed by atoms with van der Waals surface area (Å²) < 4.78 is 13.0. The molecule has 0 spiro atoms. The number of halogens is 2. The predicted octanol–water partition coefficient (Wildman–Crippen LogP) is 2.12. The molecule has 0 bridgehead atoms. The molecule has 2 aromatic rings. The Kier molecular flexibility index (Phi) is 3.83. The van der Waals surface area contributed by atoms with Gasteiger partial charge in [0.2, 0.25) is 0 Å². The molecular weight excluding hydrogens is 303 g/mol. The van der Waals surface area contributed by atoms with Crippen LogP contribution in [0.4, 0.5) is 10.1 Å². The molecule has 0 aliphatic carbocycles. The van der Waals surface area contributed by atoms with Gasteiger partial charge in [-0.05, 0) is 33.6 Å². The minimum Gasteiger partial charge on any atom is -0.275 e. The molecule has 1 heterocycles. The first-order valence-electron chi connectivity index (χ1n) is 4.94. The van der Waals surface area contributed by atoms with Crippen molar-refractivity contribution >= 4 is 27.8 Å². The number of nitrogens with one attached hydrogen (secondary N) is 2. The van der Waals surface area contributed by atoms with Gasteiger partial charge in [0.1, 0.15) is 10.3 Å². The number of anilines is 1. The van der Waals surface area contributed by atoms with Gasteiger partial charge in [-0.15, -0.1) is 0 Å². The molecule has 5 nitrogen and oxygen atoms in total. The van der Waals surface area contributed by atoms with Crippen LogP contribution in [0, 0.1) is 5.82 Å². The van der Waals surface area contributed by atoms with E-state index in [9.17, 15) is 9.18 Å². The van der Waals surface area contributed by atoms with Gasteiger partial charge in [-0.2, -0.15) is 10.2 Å². The van der Waals surface area contributed by atoms with E-state index < -0.39 is 0 Å². The molecule has 7 heteroatoms. The molecule has 0 aliphatic heterocycles. The van der Waals surface area contributed by atoms with Crippen molar-refractivity contribution in [2.45, 2.75) is 0 Å². The Balaban J connectivity index is 2.09. The van der Waals surface area contributed by atoms with E-state index in [0.29, 0.717) is 10.2 Å². The maximum absolute atomic E-state index is 12.7. The molecule has 0 unspecified atom stereocenters. The Hall–Kier alpha value is -2.02. The number of rotatable bonds is 3. The molecule has 0 saturated heterocycles. The van der Waals surface area contributed by atoms with Crippen molar-refractivity contribution in [1.82, 2.24) is 10.2 Å². The van der Waals surface area contributed by atoms with Crippen molar-refractivity contribution in [3.63, 3.8) is 0 Å². The minimum atomic E-state index is -0.350. The van der Waals surface area contributed by atoms with Gasteiger partial charge in [-0.1, -0.05) is 12.1 Å². The summed E-state index contributed by atoms with van der Waals surface area (Å²) in [6.07, 6.45) is 2.93. The maximum Gasteiger partial charge on any atom is 0.280 e. The van der Waals surface area contributed by atoms with E-state index in [1.54, 1.807) is 12.1 Å². The second kappa shape index (κ2) is 5.54. The lowest BCUT2D eigenvalue weighted by Gasteiger charge is -2.00. The Morgan fingerprint density at radius 2 is 2.11 bits per heavy atom. The molecule has 0 aliphatic rings. The van der Waals surface area contributed by atoms with Gasteiger partial charge in [-0.25, -0.2) is 9.49 Å². The molecule has 0 amide bonds. The fraction of sp³-hybridized carbons (Fsp3) is 0. The summed E-state index contributed by atoms with van der Waals surface area (Å²) in [4.78, 5) is 11.2. The van der Waals surface area contributed by atoms with Crippen molar-refractivity contribution in [3.8, 4) is 0 Å². The van der Waals surface area contributed by atoms with Crippen LogP contribution in [0.25, 0.3) is 0 Å². The molecule has 92 valence electrons. The lowest BCUT2D eigenvalue weighted by atomic mass is 10.2. The van der Waals surface area contributed by atoms with E-state index in [-0.39, 0.29) is 11.4 Å². The number of hydrogen-bond acceptors (Lipinski definition) is 4. The third-order valence-corrected chi connectivity index (χ3v) is 2.85. The molecule has 2 rings (SSSR count). The SMILES string of the molecule is O=c1[nH]ncc(NN=Cc2ccc(F)cc2)c1Br. The number of aromatic amines is 1. The summed E-state index contributed by atoms with van der Waals surface area (Å²) in [5.74, 6) is -0.304. The summed E-state index contributed by atoms with van der Waals surface area (Å²) in [7, 11) is 0. The first kappa shape index (κ1) is 12.4. The number of hydrazone groups is 1. The normalized spacial score (nSPS) is 10.8. The first-order chi connectivity index (χ1) is 8.66. The van der Waals surface area contributed by atoms with E-state index >= 15 is 0 Å². The smallest absolute Gasteiger partial charge is 0.275 e. The zero-order valence-electron chi connectivity index (χ0n) is 9.02. The zero-order valence-corrected chi connectivity index (χ0v) is 10.6. The van der Waals surface area contributed by atoms with Crippen LogP contribution in [0.1, 0.15) is 5.56 Å². The van der Waals surface area contributed by atoms with Crippen molar-refractivity contribution in [1.29, 1.82) is 0 Å². The topological polar surface area (TPSA) is 70.1 Å². The second-order valence-corrected chi connectivity index (χ2v) is 4.14. The van der Waals surface area contributed by atoms with Crippen LogP contribution in [-0.2, 0) is 0 Å². The summed E-state index contributed by atoms with van der Waals surface area (Å²) in [6.45, 7) is 0. The molecule has 0 fully saturated rings. The second-order valence-electron chi connectivity index (χ2n) is 3.35. The number of hydrogen-bond donors (Lipinski definition) is 2. The standard InChI is InChI=1S/C11H8BrFN4O/c12-10-9(6-15-17-11(10)18)16-14-5-7-1-3-8(13)4-2-7/h1-6H,(H2,16,17,18). The van der Waals surface area contributed by atoms with Crippen LogP contribution < -0.4 is 11.0 Å². The summed E-state index contributed by atoms with van der Waals surface area (Å²) in [6, 6.07) is 5.86. The molecule has 2 N–H and O–H groups in total. The van der Waals surface area contributed by atoms with E-state index in [0.717, 1.165) is 5.56 Å². The average Bonchev–Trinajstić information content (AvgIpc) is 2.37. The van der Waals surface area contributed by atoms with Gasteiger partial charge in [0.15, 0.2) is 0 Å². The van der Waals surface area contributed by atoms with Crippen molar-refractivity contribution in [3.05, 3.63) is 56.7 Å². The van der Waals surface area contributed by atoms with E-state index in [1.165, 1.54) is 24.5 Å². The summed E-state index contributed by atoms with van der Waals surface area (Å²) >= 11 is 3.11. The highest BCUT2D eigenvalue weighted by molar-refractivity contribution is 9.10. The number of aromatic nitrogens is 2. The zero-order chi connectivity index (χ0) is 13.0. The molecule has 1 aromatic carbocycles. The fourth-order valence-corrected chi connectivity index (χ4v) is 1.47. The van der Waals surface area contributed by atoms with Gasteiger partial charge in [0, 0.05) is 0 Å². The molecule has 0 saturated carbocycles. The van der Waals surface area contributed by atoms with Crippen LogP contribution >= 0.6 is 15.9 Å². The highest BCUT2D eigenvalue weighted by Crippen LogP contribution is 2.14. The lowest BCUT2D eigenvalue weighted by molar-refractivity contribution is 0.628. The number of H-pyrrole nitrogens is 1. The Labute approximate surface area is 110 Å². The fourth-order valence-electron chi connectivity index (χ4n) is 1.19. The highest BCUT2D eigenvalue weighted by Gasteiger charge is 2.02. The van der Waals surface area contributed by atoms with Crippen LogP contribution in [0.15, 0.2) is 44.8 Å². The van der Waals surface area contributed by atoms with Gasteiger partial charge in [-0.3, -0.25) is 10.2 Å².